The van der Waals surface area contributed by atoms with E-state index >= 15 is 0 Å². The average Bonchev–Trinajstić information content (AvgIpc) is 2.03. The molecule has 0 amide bonds. The molecule has 0 fully saturated rings. The van der Waals surface area contributed by atoms with Gasteiger partial charge in [-0.25, -0.2) is 0 Å². The number of hydrogen-bond donors (Lipinski definition) is 2. The lowest BCUT2D eigenvalue weighted by Gasteiger charge is -2.07. The highest BCUT2D eigenvalue weighted by molar-refractivity contribution is 9.10. The van der Waals surface area contributed by atoms with Gasteiger partial charge in [-0.3, -0.25) is 5.41 Å². The summed E-state index contributed by atoms with van der Waals surface area (Å²) in [7, 11) is 1.55. The smallest absolute Gasteiger partial charge is 0.130 e. The second-order valence-corrected chi connectivity index (χ2v) is 3.09. The van der Waals surface area contributed by atoms with Gasteiger partial charge in [0, 0.05) is 4.47 Å². The summed E-state index contributed by atoms with van der Waals surface area (Å²) in [6, 6.07) is 5.41. The van der Waals surface area contributed by atoms with Gasteiger partial charge in [-0.05, 0) is 28.1 Å². The van der Waals surface area contributed by atoms with Crippen LogP contribution < -0.4 is 10.5 Å². The van der Waals surface area contributed by atoms with Crippen LogP contribution in [0.25, 0.3) is 0 Å². The summed E-state index contributed by atoms with van der Waals surface area (Å²) < 4.78 is 5.81. The predicted octanol–water partition coefficient (Wildman–Crippen LogP) is 1.74. The lowest BCUT2D eigenvalue weighted by molar-refractivity contribution is 0.413. The average molecular weight is 229 g/mol. The van der Waals surface area contributed by atoms with Gasteiger partial charge in [0.2, 0.25) is 0 Å². The molecular formula is C8H9BrN2O. The summed E-state index contributed by atoms with van der Waals surface area (Å²) in [4.78, 5) is 0. The first-order valence-electron chi connectivity index (χ1n) is 3.33. The Morgan fingerprint density at radius 3 is 2.67 bits per heavy atom. The summed E-state index contributed by atoms with van der Waals surface area (Å²) >= 11 is 3.29. The number of ether oxygens (including phenoxy) is 1. The standard InChI is InChI=1S/C8H9BrN2O/c1-12-6-4-2-3-5(9)7(6)8(10)11/h2-4H,1H3,(H3,10,11). The number of benzene rings is 1. The van der Waals surface area contributed by atoms with Crippen LogP contribution in [0.4, 0.5) is 0 Å². The number of rotatable bonds is 2. The fourth-order valence-corrected chi connectivity index (χ4v) is 1.50. The number of halogens is 1. The first-order valence-corrected chi connectivity index (χ1v) is 4.13. The zero-order valence-corrected chi connectivity index (χ0v) is 8.18. The van der Waals surface area contributed by atoms with Crippen molar-refractivity contribution in [3.05, 3.63) is 28.2 Å². The van der Waals surface area contributed by atoms with E-state index in [4.69, 9.17) is 15.9 Å². The van der Waals surface area contributed by atoms with Crippen molar-refractivity contribution in [3.8, 4) is 5.75 Å². The van der Waals surface area contributed by atoms with Gasteiger partial charge in [-0.2, -0.15) is 0 Å². The minimum Gasteiger partial charge on any atom is -0.496 e. The Kier molecular flexibility index (Phi) is 2.70. The van der Waals surface area contributed by atoms with E-state index in [0.29, 0.717) is 11.3 Å². The van der Waals surface area contributed by atoms with Gasteiger partial charge in [0.15, 0.2) is 0 Å². The number of methoxy groups -OCH3 is 1. The molecule has 0 bridgehead atoms. The lowest BCUT2D eigenvalue weighted by atomic mass is 10.2. The second kappa shape index (κ2) is 3.58. The quantitative estimate of drug-likeness (QED) is 0.599. The van der Waals surface area contributed by atoms with Crippen LogP contribution in [-0.4, -0.2) is 12.9 Å². The number of hydrogen-bond acceptors (Lipinski definition) is 2. The van der Waals surface area contributed by atoms with E-state index in [1.807, 2.05) is 12.1 Å². The first kappa shape index (κ1) is 9.06. The molecule has 64 valence electrons. The van der Waals surface area contributed by atoms with Gasteiger partial charge in [-0.15, -0.1) is 0 Å². The van der Waals surface area contributed by atoms with Crippen molar-refractivity contribution in [2.24, 2.45) is 5.73 Å². The van der Waals surface area contributed by atoms with Gasteiger partial charge in [0.05, 0.1) is 12.7 Å². The fraction of sp³-hybridized carbons (Fsp3) is 0.125. The number of nitrogens with one attached hydrogen (secondary N) is 1. The molecule has 0 aliphatic carbocycles. The largest absolute Gasteiger partial charge is 0.496 e. The Morgan fingerprint density at radius 2 is 2.25 bits per heavy atom. The third-order valence-corrected chi connectivity index (χ3v) is 2.13. The normalized spacial score (nSPS) is 9.50. The van der Waals surface area contributed by atoms with Crippen LogP contribution in [0.3, 0.4) is 0 Å². The molecule has 0 atom stereocenters. The molecule has 0 saturated heterocycles. The molecule has 3 N–H and O–H groups in total. The highest BCUT2D eigenvalue weighted by Crippen LogP contribution is 2.25. The van der Waals surface area contributed by atoms with Crippen molar-refractivity contribution in [1.29, 1.82) is 5.41 Å². The topological polar surface area (TPSA) is 59.1 Å². The molecule has 0 aliphatic rings. The summed E-state index contributed by atoms with van der Waals surface area (Å²) in [6.45, 7) is 0. The second-order valence-electron chi connectivity index (χ2n) is 2.23. The molecule has 0 aliphatic heterocycles. The molecule has 1 aromatic carbocycles. The van der Waals surface area contributed by atoms with Gasteiger partial charge < -0.3 is 10.5 Å². The number of amidine groups is 1. The summed E-state index contributed by atoms with van der Waals surface area (Å²) in [5, 5.41) is 7.29. The molecule has 0 saturated carbocycles. The molecule has 12 heavy (non-hydrogen) atoms. The van der Waals surface area contributed by atoms with Crippen LogP contribution in [0, 0.1) is 5.41 Å². The van der Waals surface area contributed by atoms with Gasteiger partial charge >= 0.3 is 0 Å². The molecule has 1 rings (SSSR count). The number of nitrogen functional groups attached to an aromatic ring is 1. The summed E-state index contributed by atoms with van der Waals surface area (Å²) in [5.41, 5.74) is 5.96. The van der Waals surface area contributed by atoms with Crippen LogP contribution in [0.2, 0.25) is 0 Å². The van der Waals surface area contributed by atoms with E-state index in [2.05, 4.69) is 15.9 Å². The molecule has 0 aromatic heterocycles. The van der Waals surface area contributed by atoms with E-state index in [0.717, 1.165) is 4.47 Å². The van der Waals surface area contributed by atoms with Crippen molar-refractivity contribution in [2.75, 3.05) is 7.11 Å². The minimum atomic E-state index is -0.000625. The van der Waals surface area contributed by atoms with Gasteiger partial charge in [0.25, 0.3) is 0 Å². The van der Waals surface area contributed by atoms with Crippen LogP contribution in [-0.2, 0) is 0 Å². The monoisotopic (exact) mass is 228 g/mol. The van der Waals surface area contributed by atoms with Crippen molar-refractivity contribution >= 4 is 21.8 Å². The van der Waals surface area contributed by atoms with Crippen molar-refractivity contribution in [2.45, 2.75) is 0 Å². The molecule has 3 nitrogen and oxygen atoms in total. The van der Waals surface area contributed by atoms with E-state index in [-0.39, 0.29) is 5.84 Å². The molecule has 4 heteroatoms. The fourth-order valence-electron chi connectivity index (χ4n) is 0.936. The van der Waals surface area contributed by atoms with Crippen LogP contribution in [0.5, 0.6) is 5.75 Å². The summed E-state index contributed by atoms with van der Waals surface area (Å²) in [5.74, 6) is 0.608. The molecular weight excluding hydrogens is 220 g/mol. The maximum atomic E-state index is 7.29. The van der Waals surface area contributed by atoms with Crippen LogP contribution in [0.15, 0.2) is 22.7 Å². The Bertz CT molecular complexity index is 312. The van der Waals surface area contributed by atoms with Gasteiger partial charge in [0.1, 0.15) is 11.6 Å². The van der Waals surface area contributed by atoms with E-state index in [1.165, 1.54) is 0 Å². The predicted molar refractivity (Wildman–Crippen MR) is 51.7 cm³/mol. The molecule has 0 unspecified atom stereocenters. The number of nitrogens with two attached hydrogens (primary N) is 1. The Hall–Kier alpha value is -1.03. The third-order valence-electron chi connectivity index (χ3n) is 1.46. The summed E-state index contributed by atoms with van der Waals surface area (Å²) in [6.07, 6.45) is 0. The molecule has 0 heterocycles. The lowest BCUT2D eigenvalue weighted by Crippen LogP contribution is -2.13. The van der Waals surface area contributed by atoms with E-state index < -0.39 is 0 Å². The zero-order chi connectivity index (χ0) is 9.14. The van der Waals surface area contributed by atoms with E-state index in [9.17, 15) is 0 Å². The van der Waals surface area contributed by atoms with Crippen LogP contribution >= 0.6 is 15.9 Å². The minimum absolute atomic E-state index is 0.000625. The van der Waals surface area contributed by atoms with Crippen molar-refractivity contribution < 1.29 is 4.74 Å². The zero-order valence-electron chi connectivity index (χ0n) is 6.60. The van der Waals surface area contributed by atoms with Gasteiger partial charge in [-0.1, -0.05) is 6.07 Å². The molecule has 1 aromatic rings. The Balaban J connectivity index is 3.29. The van der Waals surface area contributed by atoms with Crippen molar-refractivity contribution in [3.63, 3.8) is 0 Å². The highest BCUT2D eigenvalue weighted by Gasteiger charge is 2.08. The Morgan fingerprint density at radius 1 is 1.58 bits per heavy atom. The maximum Gasteiger partial charge on any atom is 0.130 e. The maximum absolute atomic E-state index is 7.29. The van der Waals surface area contributed by atoms with Crippen LogP contribution in [0.1, 0.15) is 5.56 Å². The molecule has 0 radical (unpaired) electrons. The van der Waals surface area contributed by atoms with Crippen molar-refractivity contribution in [1.82, 2.24) is 0 Å². The highest BCUT2D eigenvalue weighted by atomic mass is 79.9. The van der Waals surface area contributed by atoms with E-state index in [1.54, 1.807) is 13.2 Å². The Labute approximate surface area is 79.2 Å². The SMILES string of the molecule is COc1cccc(Br)c1C(=N)N. The first-order chi connectivity index (χ1) is 5.66. The molecule has 0 spiro atoms. The third kappa shape index (κ3) is 1.58.